The maximum Gasteiger partial charge on any atom is 0.296 e. The van der Waals surface area contributed by atoms with Gasteiger partial charge in [-0.05, 0) is 58.0 Å². The van der Waals surface area contributed by atoms with Gasteiger partial charge in [-0.1, -0.05) is 0 Å². The van der Waals surface area contributed by atoms with Crippen molar-refractivity contribution in [1.82, 2.24) is 4.90 Å². The van der Waals surface area contributed by atoms with Crippen LogP contribution in [0.15, 0.2) is 18.2 Å². The summed E-state index contributed by atoms with van der Waals surface area (Å²) in [6, 6.07) is 5.15. The van der Waals surface area contributed by atoms with Gasteiger partial charge in [-0.25, -0.2) is 0 Å². The number of rotatable bonds is 5. The van der Waals surface area contributed by atoms with Gasteiger partial charge in [0.25, 0.3) is 5.69 Å². The molecule has 0 aromatic heterocycles. The van der Waals surface area contributed by atoms with E-state index in [-0.39, 0.29) is 16.7 Å². The van der Waals surface area contributed by atoms with Gasteiger partial charge in [0, 0.05) is 6.04 Å². The molecule has 0 saturated carbocycles. The van der Waals surface area contributed by atoms with Crippen molar-refractivity contribution in [3.8, 4) is 5.75 Å². The summed E-state index contributed by atoms with van der Waals surface area (Å²) < 4.78 is 5.06. The Morgan fingerprint density at radius 3 is 2.67 bits per heavy atom. The molecular formula is C15H23N3O3. The highest BCUT2D eigenvalue weighted by Gasteiger charge is 2.24. The zero-order valence-electron chi connectivity index (χ0n) is 12.8. The van der Waals surface area contributed by atoms with Crippen LogP contribution in [0.5, 0.6) is 5.75 Å². The van der Waals surface area contributed by atoms with E-state index in [2.05, 4.69) is 24.2 Å². The number of ether oxygens (including phenoxy) is 1. The normalized spacial score (nSPS) is 18.2. The summed E-state index contributed by atoms with van der Waals surface area (Å²) in [6.07, 6.45) is 2.24. The van der Waals surface area contributed by atoms with E-state index >= 15 is 0 Å². The van der Waals surface area contributed by atoms with E-state index in [0.717, 1.165) is 25.9 Å². The fourth-order valence-corrected chi connectivity index (χ4v) is 2.80. The van der Waals surface area contributed by atoms with E-state index in [0.29, 0.717) is 17.4 Å². The Hall–Kier alpha value is -1.82. The first-order chi connectivity index (χ1) is 10.0. The molecule has 1 fully saturated rings. The zero-order chi connectivity index (χ0) is 15.4. The number of benzene rings is 1. The van der Waals surface area contributed by atoms with Crippen LogP contribution in [0.2, 0.25) is 0 Å². The number of nitro benzene ring substituents is 1. The van der Waals surface area contributed by atoms with Crippen molar-refractivity contribution >= 4 is 11.4 Å². The second kappa shape index (κ2) is 6.76. The maximum atomic E-state index is 11.2. The molecule has 1 aliphatic heterocycles. The summed E-state index contributed by atoms with van der Waals surface area (Å²) >= 11 is 0. The van der Waals surface area contributed by atoms with E-state index in [4.69, 9.17) is 4.74 Å². The van der Waals surface area contributed by atoms with Crippen molar-refractivity contribution in [2.75, 3.05) is 32.6 Å². The van der Waals surface area contributed by atoms with Crippen LogP contribution in [0, 0.1) is 16.0 Å². The Balaban J connectivity index is 2.09. The van der Waals surface area contributed by atoms with Crippen LogP contribution in [0.3, 0.4) is 0 Å². The third-order valence-electron chi connectivity index (χ3n) is 4.26. The summed E-state index contributed by atoms with van der Waals surface area (Å²) in [4.78, 5) is 13.1. The molecule has 1 saturated heterocycles. The highest BCUT2D eigenvalue weighted by atomic mass is 16.6. The predicted molar refractivity (Wildman–Crippen MR) is 83.0 cm³/mol. The minimum atomic E-state index is -0.369. The third-order valence-corrected chi connectivity index (χ3v) is 4.26. The molecule has 0 aliphatic carbocycles. The monoisotopic (exact) mass is 293 g/mol. The van der Waals surface area contributed by atoms with Crippen molar-refractivity contribution in [1.29, 1.82) is 0 Å². The largest absolute Gasteiger partial charge is 0.496 e. The Kier molecular flexibility index (Phi) is 5.01. The highest BCUT2D eigenvalue weighted by Crippen LogP contribution is 2.31. The van der Waals surface area contributed by atoms with Gasteiger partial charge < -0.3 is 15.0 Å². The fraction of sp³-hybridized carbons (Fsp3) is 0.600. The van der Waals surface area contributed by atoms with Crippen LogP contribution < -0.4 is 10.1 Å². The predicted octanol–water partition coefficient (Wildman–Crippen LogP) is 2.75. The van der Waals surface area contributed by atoms with Crippen LogP contribution >= 0.6 is 0 Å². The quantitative estimate of drug-likeness (QED) is 0.668. The minimum Gasteiger partial charge on any atom is -0.496 e. The molecule has 0 bridgehead atoms. The molecule has 116 valence electrons. The van der Waals surface area contributed by atoms with E-state index in [1.165, 1.54) is 13.2 Å². The Morgan fingerprint density at radius 2 is 2.10 bits per heavy atom. The van der Waals surface area contributed by atoms with Crippen LogP contribution in [-0.2, 0) is 0 Å². The number of hydrogen-bond donors (Lipinski definition) is 1. The van der Waals surface area contributed by atoms with Gasteiger partial charge in [0.05, 0.1) is 18.1 Å². The average Bonchev–Trinajstić information content (AvgIpc) is 2.48. The van der Waals surface area contributed by atoms with Gasteiger partial charge in [0.1, 0.15) is 11.4 Å². The molecule has 6 heteroatoms. The molecule has 1 aliphatic rings. The molecule has 0 spiro atoms. The number of nitro groups is 1. The lowest BCUT2D eigenvalue weighted by atomic mass is 9.90. The second-order valence-electron chi connectivity index (χ2n) is 5.71. The number of methoxy groups -OCH3 is 1. The van der Waals surface area contributed by atoms with Crippen LogP contribution in [0.4, 0.5) is 11.4 Å². The third kappa shape index (κ3) is 3.85. The molecule has 21 heavy (non-hydrogen) atoms. The first-order valence-electron chi connectivity index (χ1n) is 7.28. The first-order valence-corrected chi connectivity index (χ1v) is 7.28. The summed E-state index contributed by atoms with van der Waals surface area (Å²) in [5.74, 6) is 1.04. The van der Waals surface area contributed by atoms with Gasteiger partial charge >= 0.3 is 0 Å². The highest BCUT2D eigenvalue weighted by molar-refractivity contribution is 5.64. The lowest BCUT2D eigenvalue weighted by Gasteiger charge is -2.33. The topological polar surface area (TPSA) is 67.6 Å². The average molecular weight is 293 g/mol. The maximum absolute atomic E-state index is 11.2. The van der Waals surface area contributed by atoms with Crippen molar-refractivity contribution in [2.45, 2.75) is 25.8 Å². The number of likely N-dealkylation sites (tertiary alicyclic amines) is 1. The Labute approximate surface area is 125 Å². The molecule has 1 atom stereocenters. The van der Waals surface area contributed by atoms with Crippen LogP contribution in [-0.4, -0.2) is 43.1 Å². The number of nitrogens with zero attached hydrogens (tertiary/aromatic N) is 2. The molecule has 0 amide bonds. The second-order valence-corrected chi connectivity index (χ2v) is 5.71. The van der Waals surface area contributed by atoms with Crippen molar-refractivity contribution in [3.05, 3.63) is 28.3 Å². The number of anilines is 1. The van der Waals surface area contributed by atoms with Crippen molar-refractivity contribution < 1.29 is 9.66 Å². The first kappa shape index (κ1) is 15.6. The van der Waals surface area contributed by atoms with Crippen LogP contribution in [0.25, 0.3) is 0 Å². The molecule has 2 rings (SSSR count). The number of hydrogen-bond acceptors (Lipinski definition) is 5. The number of nitrogens with one attached hydrogen (secondary N) is 1. The Bertz CT molecular complexity index is 499. The molecule has 1 heterocycles. The lowest BCUT2D eigenvalue weighted by Crippen LogP contribution is -2.37. The van der Waals surface area contributed by atoms with Crippen molar-refractivity contribution in [2.24, 2.45) is 5.92 Å². The fourth-order valence-electron chi connectivity index (χ4n) is 2.80. The SMILES string of the molecule is COc1ccc(NC(C)C2CCN(C)CC2)c([N+](=O)[O-])c1. The number of piperidine rings is 1. The van der Waals surface area contributed by atoms with Crippen molar-refractivity contribution in [3.63, 3.8) is 0 Å². The summed E-state index contributed by atoms with van der Waals surface area (Å²) in [6.45, 7) is 4.27. The molecule has 1 N–H and O–H groups in total. The summed E-state index contributed by atoms with van der Waals surface area (Å²) in [5.41, 5.74) is 0.626. The Morgan fingerprint density at radius 1 is 1.43 bits per heavy atom. The molecule has 1 unspecified atom stereocenters. The minimum absolute atomic E-state index is 0.0640. The molecular weight excluding hydrogens is 270 g/mol. The van der Waals surface area contributed by atoms with E-state index in [1.54, 1.807) is 12.1 Å². The van der Waals surface area contributed by atoms with Crippen LogP contribution in [0.1, 0.15) is 19.8 Å². The summed E-state index contributed by atoms with van der Waals surface area (Å²) in [7, 11) is 3.63. The lowest BCUT2D eigenvalue weighted by molar-refractivity contribution is -0.384. The zero-order valence-corrected chi connectivity index (χ0v) is 12.8. The summed E-state index contributed by atoms with van der Waals surface area (Å²) in [5, 5.41) is 14.5. The molecule has 6 nitrogen and oxygen atoms in total. The smallest absolute Gasteiger partial charge is 0.296 e. The molecule has 1 aromatic rings. The van der Waals surface area contributed by atoms with Gasteiger partial charge in [-0.3, -0.25) is 10.1 Å². The van der Waals surface area contributed by atoms with E-state index < -0.39 is 0 Å². The van der Waals surface area contributed by atoms with Gasteiger partial charge in [0.15, 0.2) is 0 Å². The van der Waals surface area contributed by atoms with Gasteiger partial charge in [-0.15, -0.1) is 0 Å². The van der Waals surface area contributed by atoms with E-state index in [1.807, 2.05) is 0 Å². The van der Waals surface area contributed by atoms with Gasteiger partial charge in [-0.2, -0.15) is 0 Å². The molecule has 0 radical (unpaired) electrons. The molecule has 1 aromatic carbocycles. The van der Waals surface area contributed by atoms with E-state index in [9.17, 15) is 10.1 Å². The standard InChI is InChI=1S/C15H23N3O3/c1-11(12-6-8-17(2)9-7-12)16-14-5-4-13(21-3)10-15(14)18(19)20/h4-5,10-12,16H,6-9H2,1-3H3. The van der Waals surface area contributed by atoms with Gasteiger partial charge in [0.2, 0.25) is 0 Å².